The van der Waals surface area contributed by atoms with Gasteiger partial charge in [0.1, 0.15) is 11.4 Å². The van der Waals surface area contributed by atoms with E-state index in [1.54, 1.807) is 12.1 Å². The van der Waals surface area contributed by atoms with Crippen LogP contribution < -0.4 is 10.6 Å². The van der Waals surface area contributed by atoms with Crippen molar-refractivity contribution < 1.29 is 14.1 Å². The zero-order valence-electron chi connectivity index (χ0n) is 10.8. The van der Waals surface area contributed by atoms with Crippen molar-refractivity contribution in [2.45, 2.75) is 6.54 Å². The van der Waals surface area contributed by atoms with E-state index in [2.05, 4.69) is 10.6 Å². The number of anilines is 1. The lowest BCUT2D eigenvalue weighted by Gasteiger charge is -2.07. The highest BCUT2D eigenvalue weighted by Crippen LogP contribution is 2.26. The molecule has 0 radical (unpaired) electrons. The number of hydrogen-bond acceptors (Lipinski definition) is 5. The van der Waals surface area contributed by atoms with Crippen LogP contribution in [0.5, 0.6) is 0 Å². The third kappa shape index (κ3) is 2.94. The van der Waals surface area contributed by atoms with E-state index < -0.39 is 4.92 Å². The lowest BCUT2D eigenvalue weighted by molar-refractivity contribution is -0.384. The number of nitrogens with zero attached hydrogens (tertiary/aromatic N) is 1. The average Bonchev–Trinajstić information content (AvgIpc) is 2.97. The van der Waals surface area contributed by atoms with Gasteiger partial charge in [-0.25, -0.2) is 0 Å². The first-order valence-electron chi connectivity index (χ1n) is 5.88. The van der Waals surface area contributed by atoms with Crippen LogP contribution in [0.4, 0.5) is 11.4 Å². The summed E-state index contributed by atoms with van der Waals surface area (Å²) < 4.78 is 5.14. The Hall–Kier alpha value is -2.83. The molecule has 1 aromatic heterocycles. The molecule has 0 fully saturated rings. The molecular weight excluding hydrogens is 262 g/mol. The molecule has 0 saturated heterocycles. The molecule has 104 valence electrons. The van der Waals surface area contributed by atoms with Gasteiger partial charge in [0, 0.05) is 18.7 Å². The number of furan rings is 1. The van der Waals surface area contributed by atoms with Crippen molar-refractivity contribution in [1.29, 1.82) is 0 Å². The molecule has 7 heteroatoms. The summed E-state index contributed by atoms with van der Waals surface area (Å²) in [6, 6.07) is 7.77. The highest BCUT2D eigenvalue weighted by Gasteiger charge is 2.17. The topological polar surface area (TPSA) is 97.4 Å². The molecular formula is C13H13N3O4. The lowest BCUT2D eigenvalue weighted by atomic mass is 10.1. The normalized spacial score (nSPS) is 10.1. The SMILES string of the molecule is CNC(=O)c1ccc(NCc2ccco2)c([N+](=O)[O-])c1. The lowest BCUT2D eigenvalue weighted by Crippen LogP contribution is -2.18. The number of nitro groups is 1. The Labute approximate surface area is 114 Å². The van der Waals surface area contributed by atoms with E-state index in [9.17, 15) is 14.9 Å². The minimum Gasteiger partial charge on any atom is -0.467 e. The Morgan fingerprint density at radius 3 is 2.80 bits per heavy atom. The number of nitrogens with one attached hydrogen (secondary N) is 2. The molecule has 1 amide bonds. The van der Waals surface area contributed by atoms with Gasteiger partial charge in [-0.15, -0.1) is 0 Å². The van der Waals surface area contributed by atoms with Crippen LogP contribution in [0.2, 0.25) is 0 Å². The van der Waals surface area contributed by atoms with Gasteiger partial charge in [0.25, 0.3) is 11.6 Å². The van der Waals surface area contributed by atoms with Gasteiger partial charge in [-0.05, 0) is 24.3 Å². The van der Waals surface area contributed by atoms with Crippen LogP contribution in [0.15, 0.2) is 41.0 Å². The van der Waals surface area contributed by atoms with E-state index >= 15 is 0 Å². The summed E-state index contributed by atoms with van der Waals surface area (Å²) >= 11 is 0. The Morgan fingerprint density at radius 2 is 2.20 bits per heavy atom. The van der Waals surface area contributed by atoms with Crippen molar-refractivity contribution in [3.8, 4) is 0 Å². The maximum Gasteiger partial charge on any atom is 0.293 e. The van der Waals surface area contributed by atoms with Crippen LogP contribution in [-0.2, 0) is 6.54 Å². The quantitative estimate of drug-likeness (QED) is 0.643. The Bertz CT molecular complexity index is 623. The number of benzene rings is 1. The number of hydrogen-bond donors (Lipinski definition) is 2. The summed E-state index contributed by atoms with van der Waals surface area (Å²) in [6.07, 6.45) is 1.53. The molecule has 2 N–H and O–H groups in total. The van der Waals surface area contributed by atoms with Crippen molar-refractivity contribution in [2.24, 2.45) is 0 Å². The first kappa shape index (κ1) is 13.6. The van der Waals surface area contributed by atoms with E-state index in [0.717, 1.165) is 0 Å². The molecule has 0 aliphatic rings. The smallest absolute Gasteiger partial charge is 0.293 e. The van der Waals surface area contributed by atoms with E-state index in [-0.39, 0.29) is 17.2 Å². The molecule has 7 nitrogen and oxygen atoms in total. The fraction of sp³-hybridized carbons (Fsp3) is 0.154. The second-order valence-electron chi connectivity index (χ2n) is 4.00. The van der Waals surface area contributed by atoms with Gasteiger partial charge in [0.15, 0.2) is 0 Å². The molecule has 1 aromatic carbocycles. The zero-order chi connectivity index (χ0) is 14.5. The summed E-state index contributed by atoms with van der Waals surface area (Å²) in [5.74, 6) is 0.292. The number of carbonyl (C=O) groups excluding carboxylic acids is 1. The maximum atomic E-state index is 11.5. The average molecular weight is 275 g/mol. The molecule has 1 heterocycles. The molecule has 2 rings (SSSR count). The largest absolute Gasteiger partial charge is 0.467 e. The summed E-state index contributed by atoms with van der Waals surface area (Å²) in [5.41, 5.74) is 0.416. The molecule has 0 spiro atoms. The number of nitro benzene ring substituents is 1. The minimum absolute atomic E-state index is 0.155. The van der Waals surface area contributed by atoms with Crippen LogP contribution in [0.3, 0.4) is 0 Å². The summed E-state index contributed by atoms with van der Waals surface area (Å²) in [4.78, 5) is 22.0. The third-order valence-electron chi connectivity index (χ3n) is 2.72. The van der Waals surface area contributed by atoms with E-state index in [4.69, 9.17) is 4.42 Å². The molecule has 0 saturated carbocycles. The predicted octanol–water partition coefficient (Wildman–Crippen LogP) is 2.16. The fourth-order valence-corrected chi connectivity index (χ4v) is 1.71. The van der Waals surface area contributed by atoms with Crippen LogP contribution in [-0.4, -0.2) is 17.9 Å². The van der Waals surface area contributed by atoms with Crippen molar-refractivity contribution >= 4 is 17.3 Å². The number of carbonyl (C=O) groups is 1. The fourth-order valence-electron chi connectivity index (χ4n) is 1.71. The molecule has 0 aliphatic heterocycles. The van der Waals surface area contributed by atoms with Crippen molar-refractivity contribution in [1.82, 2.24) is 5.32 Å². The molecule has 0 unspecified atom stereocenters. The second kappa shape index (κ2) is 5.87. The Morgan fingerprint density at radius 1 is 1.40 bits per heavy atom. The highest BCUT2D eigenvalue weighted by molar-refractivity contribution is 5.95. The third-order valence-corrected chi connectivity index (χ3v) is 2.72. The summed E-state index contributed by atoms with van der Waals surface area (Å²) in [6.45, 7) is 0.327. The zero-order valence-corrected chi connectivity index (χ0v) is 10.8. The van der Waals surface area contributed by atoms with Gasteiger partial charge >= 0.3 is 0 Å². The van der Waals surface area contributed by atoms with E-state index in [0.29, 0.717) is 18.0 Å². The van der Waals surface area contributed by atoms with E-state index in [1.165, 1.54) is 31.5 Å². The number of amides is 1. The molecule has 0 aliphatic carbocycles. The summed E-state index contributed by atoms with van der Waals surface area (Å²) in [5, 5.41) is 16.4. The van der Waals surface area contributed by atoms with E-state index in [1.807, 2.05) is 0 Å². The van der Waals surface area contributed by atoms with Crippen LogP contribution in [0.1, 0.15) is 16.1 Å². The maximum absolute atomic E-state index is 11.5. The Balaban J connectivity index is 2.23. The van der Waals surface area contributed by atoms with Crippen molar-refractivity contribution in [3.63, 3.8) is 0 Å². The molecule has 0 bridgehead atoms. The monoisotopic (exact) mass is 275 g/mol. The van der Waals surface area contributed by atoms with Crippen molar-refractivity contribution in [2.75, 3.05) is 12.4 Å². The molecule has 2 aromatic rings. The summed E-state index contributed by atoms with van der Waals surface area (Å²) in [7, 11) is 1.47. The molecule has 20 heavy (non-hydrogen) atoms. The van der Waals surface area contributed by atoms with Gasteiger partial charge in [-0.1, -0.05) is 0 Å². The van der Waals surface area contributed by atoms with Gasteiger partial charge in [0.05, 0.1) is 17.7 Å². The predicted molar refractivity (Wildman–Crippen MR) is 72.5 cm³/mol. The van der Waals surface area contributed by atoms with Gasteiger partial charge in [0.2, 0.25) is 0 Å². The van der Waals surface area contributed by atoms with Gasteiger partial charge in [-0.3, -0.25) is 14.9 Å². The van der Waals surface area contributed by atoms with Crippen LogP contribution in [0.25, 0.3) is 0 Å². The van der Waals surface area contributed by atoms with Crippen LogP contribution >= 0.6 is 0 Å². The molecule has 0 atom stereocenters. The standard InChI is InChI=1S/C13H13N3O4/c1-14-13(17)9-4-5-11(12(7-9)16(18)19)15-8-10-3-2-6-20-10/h2-7,15H,8H2,1H3,(H,14,17). The Kier molecular flexibility index (Phi) is 3.99. The first-order chi connectivity index (χ1) is 9.61. The van der Waals surface area contributed by atoms with Gasteiger partial charge in [-0.2, -0.15) is 0 Å². The first-order valence-corrected chi connectivity index (χ1v) is 5.88. The highest BCUT2D eigenvalue weighted by atomic mass is 16.6. The van der Waals surface area contributed by atoms with Crippen molar-refractivity contribution in [3.05, 3.63) is 58.0 Å². The van der Waals surface area contributed by atoms with Crippen LogP contribution in [0, 0.1) is 10.1 Å². The minimum atomic E-state index is -0.531. The second-order valence-corrected chi connectivity index (χ2v) is 4.00. The van der Waals surface area contributed by atoms with Gasteiger partial charge < -0.3 is 15.1 Å². The number of rotatable bonds is 5.